The van der Waals surface area contributed by atoms with Crippen LogP contribution in [0.2, 0.25) is 0 Å². The molecule has 222 valence electrons. The van der Waals surface area contributed by atoms with Gasteiger partial charge in [0, 0.05) is 39.0 Å². The molecule has 2 heterocycles. The molecule has 4 atom stereocenters. The summed E-state index contributed by atoms with van der Waals surface area (Å²) in [6.07, 6.45) is 4.29. The number of esters is 2. The van der Waals surface area contributed by atoms with Gasteiger partial charge in [-0.15, -0.1) is 0 Å². The van der Waals surface area contributed by atoms with Crippen LogP contribution >= 0.6 is 0 Å². The van der Waals surface area contributed by atoms with E-state index < -0.39 is 23.8 Å². The minimum absolute atomic E-state index is 0.224. The van der Waals surface area contributed by atoms with Gasteiger partial charge in [0.05, 0.1) is 25.2 Å². The normalized spacial score (nSPS) is 22.4. The maximum absolute atomic E-state index is 14.7. The lowest BCUT2D eigenvalue weighted by molar-refractivity contribution is -0.967. The van der Waals surface area contributed by atoms with Gasteiger partial charge >= 0.3 is 11.9 Å². The van der Waals surface area contributed by atoms with Gasteiger partial charge in [0.1, 0.15) is 6.10 Å². The number of ether oxygens (including phenoxy) is 3. The van der Waals surface area contributed by atoms with Crippen molar-refractivity contribution in [2.75, 3.05) is 13.1 Å². The zero-order valence-corrected chi connectivity index (χ0v) is 25.1. The van der Waals surface area contributed by atoms with E-state index in [0.29, 0.717) is 23.2 Å². The fraction of sp³-hybridized carbons (Fsp3) is 0.444. The van der Waals surface area contributed by atoms with E-state index in [1.807, 2.05) is 91.0 Å². The fourth-order valence-corrected chi connectivity index (χ4v) is 7.38. The molecule has 0 aromatic heterocycles. The highest BCUT2D eigenvalue weighted by atomic mass is 16.7. The lowest BCUT2D eigenvalue weighted by Crippen LogP contribution is -2.63. The van der Waals surface area contributed by atoms with Gasteiger partial charge in [0.15, 0.2) is 0 Å². The van der Waals surface area contributed by atoms with E-state index in [1.54, 1.807) is 0 Å². The van der Waals surface area contributed by atoms with Crippen molar-refractivity contribution in [3.8, 4) is 0 Å². The van der Waals surface area contributed by atoms with Crippen LogP contribution in [0.5, 0.6) is 0 Å². The van der Waals surface area contributed by atoms with E-state index in [-0.39, 0.29) is 12.5 Å². The number of nitrogens with zero attached hydrogens (tertiary/aromatic N) is 1. The molecule has 0 aliphatic carbocycles. The van der Waals surface area contributed by atoms with Gasteiger partial charge in [-0.3, -0.25) is 4.79 Å². The molecule has 4 unspecified atom stereocenters. The first kappa shape index (κ1) is 30.0. The maximum Gasteiger partial charge on any atom is 0.348 e. The van der Waals surface area contributed by atoms with Crippen LogP contribution in [0, 0.1) is 0 Å². The predicted molar refractivity (Wildman–Crippen MR) is 162 cm³/mol. The lowest BCUT2D eigenvalue weighted by Gasteiger charge is -2.51. The summed E-state index contributed by atoms with van der Waals surface area (Å²) >= 11 is 0. The van der Waals surface area contributed by atoms with Gasteiger partial charge in [0.2, 0.25) is 11.9 Å². The molecule has 3 aromatic carbocycles. The first-order valence-corrected chi connectivity index (χ1v) is 15.4. The van der Waals surface area contributed by atoms with E-state index in [1.165, 1.54) is 32.9 Å². The first-order chi connectivity index (χ1) is 20.4. The highest BCUT2D eigenvalue weighted by molar-refractivity contribution is 5.86. The monoisotopic (exact) mass is 570 g/mol. The largest absolute Gasteiger partial charge is 0.459 e. The molecule has 3 aromatic rings. The average Bonchev–Trinajstić information content (AvgIpc) is 3.50. The van der Waals surface area contributed by atoms with Gasteiger partial charge in [-0.2, -0.15) is 0 Å². The number of rotatable bonds is 10. The van der Waals surface area contributed by atoms with Gasteiger partial charge < -0.3 is 18.7 Å². The Balaban J connectivity index is 1.53. The zero-order valence-electron chi connectivity index (χ0n) is 25.1. The minimum Gasteiger partial charge on any atom is -0.459 e. The van der Waals surface area contributed by atoms with Gasteiger partial charge in [-0.05, 0) is 30.0 Å². The van der Waals surface area contributed by atoms with Crippen LogP contribution in [0.1, 0.15) is 69.6 Å². The Morgan fingerprint density at radius 2 is 1.40 bits per heavy atom. The molecule has 0 saturated carbocycles. The lowest BCUT2D eigenvalue weighted by atomic mass is 9.85. The Labute approximate surface area is 250 Å². The predicted octanol–water partition coefficient (Wildman–Crippen LogP) is 6.56. The fourth-order valence-electron chi connectivity index (χ4n) is 7.38. The van der Waals surface area contributed by atoms with Crippen molar-refractivity contribution in [3.63, 3.8) is 0 Å². The van der Waals surface area contributed by atoms with Crippen LogP contribution in [0.25, 0.3) is 0 Å². The number of quaternary nitrogens is 1. The second-order valence-corrected chi connectivity index (χ2v) is 11.9. The molecule has 1 spiro atoms. The third-order valence-corrected chi connectivity index (χ3v) is 9.39. The summed E-state index contributed by atoms with van der Waals surface area (Å²) in [7, 11) is 0. The molecule has 2 aliphatic heterocycles. The van der Waals surface area contributed by atoms with Crippen molar-refractivity contribution in [3.05, 3.63) is 108 Å². The number of carbonyl (C=O) groups excluding carboxylic acids is 2. The van der Waals surface area contributed by atoms with Crippen molar-refractivity contribution in [2.45, 2.75) is 89.4 Å². The number of piperidine rings is 1. The SMILES string of the molecule is CCC1CC(OC(=O)C(OC(Cc2ccccc2)OC(C)=O)(c2ccccc2)c2ccccc2)CC(C)[N+]12CCCC2. The minimum atomic E-state index is -1.64. The first-order valence-electron chi connectivity index (χ1n) is 15.4. The Hall–Kier alpha value is -3.48. The van der Waals surface area contributed by atoms with Crippen LogP contribution in [-0.4, -0.2) is 54.0 Å². The molecule has 0 amide bonds. The van der Waals surface area contributed by atoms with E-state index in [9.17, 15) is 9.59 Å². The van der Waals surface area contributed by atoms with Crippen LogP contribution in [-0.2, 0) is 35.8 Å². The van der Waals surface area contributed by atoms with Crippen LogP contribution < -0.4 is 0 Å². The molecule has 0 N–H and O–H groups in total. The summed E-state index contributed by atoms with van der Waals surface area (Å²) in [5, 5.41) is 0. The highest BCUT2D eigenvalue weighted by Crippen LogP contribution is 2.42. The van der Waals surface area contributed by atoms with E-state index in [4.69, 9.17) is 14.2 Å². The zero-order chi connectivity index (χ0) is 29.6. The molecular weight excluding hydrogens is 526 g/mol. The van der Waals surface area contributed by atoms with E-state index in [2.05, 4.69) is 13.8 Å². The molecule has 0 radical (unpaired) electrons. The van der Waals surface area contributed by atoms with Crippen molar-refractivity contribution in [1.82, 2.24) is 0 Å². The Bertz CT molecular complexity index is 1270. The van der Waals surface area contributed by atoms with Crippen LogP contribution in [0.4, 0.5) is 0 Å². The van der Waals surface area contributed by atoms with Crippen LogP contribution in [0.15, 0.2) is 91.0 Å². The van der Waals surface area contributed by atoms with Crippen molar-refractivity contribution >= 4 is 11.9 Å². The topological polar surface area (TPSA) is 61.8 Å². The quantitative estimate of drug-likeness (QED) is 0.157. The standard InChI is InChI=1S/C36H44NO5/c1-4-32-26-33(24-27(2)37(32)22-14-15-23-37)41-35(39)36(30-18-10-6-11-19-30,31-20-12-7-13-21-31)42-34(40-28(3)38)25-29-16-8-5-9-17-29/h5-13,16-21,27,32-34H,4,14-15,22-26H2,1-3H3/q+1. The number of carbonyl (C=O) groups is 2. The molecule has 2 fully saturated rings. The van der Waals surface area contributed by atoms with Crippen LogP contribution in [0.3, 0.4) is 0 Å². The second kappa shape index (κ2) is 13.2. The molecule has 2 saturated heterocycles. The molecule has 0 bridgehead atoms. The van der Waals surface area contributed by atoms with Crippen molar-refractivity contribution in [2.24, 2.45) is 0 Å². The van der Waals surface area contributed by atoms with E-state index >= 15 is 0 Å². The van der Waals surface area contributed by atoms with Crippen molar-refractivity contribution < 1.29 is 28.3 Å². The van der Waals surface area contributed by atoms with E-state index in [0.717, 1.165) is 29.3 Å². The Morgan fingerprint density at radius 3 is 1.93 bits per heavy atom. The third kappa shape index (κ3) is 6.16. The smallest absolute Gasteiger partial charge is 0.348 e. The molecular formula is C36H44NO5+. The average molecular weight is 571 g/mol. The maximum atomic E-state index is 14.7. The second-order valence-electron chi connectivity index (χ2n) is 11.9. The molecule has 42 heavy (non-hydrogen) atoms. The molecule has 6 nitrogen and oxygen atoms in total. The number of hydrogen-bond donors (Lipinski definition) is 0. The summed E-state index contributed by atoms with van der Waals surface area (Å²) in [6.45, 7) is 8.37. The summed E-state index contributed by atoms with van der Waals surface area (Å²) in [5.41, 5.74) is 0.550. The summed E-state index contributed by atoms with van der Waals surface area (Å²) in [5.74, 6) is -0.960. The Morgan fingerprint density at radius 1 is 0.857 bits per heavy atom. The highest BCUT2D eigenvalue weighted by Gasteiger charge is 2.52. The summed E-state index contributed by atoms with van der Waals surface area (Å²) < 4.78 is 20.2. The summed E-state index contributed by atoms with van der Waals surface area (Å²) in [4.78, 5) is 27.0. The molecule has 2 aliphatic rings. The molecule has 6 heteroatoms. The van der Waals surface area contributed by atoms with Gasteiger partial charge in [-0.25, -0.2) is 4.79 Å². The molecule has 5 rings (SSSR count). The summed E-state index contributed by atoms with van der Waals surface area (Å²) in [6, 6.07) is 29.5. The number of hydrogen-bond acceptors (Lipinski definition) is 5. The van der Waals surface area contributed by atoms with Crippen molar-refractivity contribution in [1.29, 1.82) is 0 Å². The van der Waals surface area contributed by atoms with Gasteiger partial charge in [-0.1, -0.05) is 97.9 Å². The van der Waals surface area contributed by atoms with Gasteiger partial charge in [0.25, 0.3) is 0 Å². The third-order valence-electron chi connectivity index (χ3n) is 9.39. The Kier molecular flexibility index (Phi) is 9.44. The number of benzene rings is 3.